The van der Waals surface area contributed by atoms with Crippen molar-refractivity contribution >= 4 is 11.8 Å². The molecule has 0 spiro atoms. The van der Waals surface area contributed by atoms with Gasteiger partial charge in [0.25, 0.3) is 5.56 Å². The number of hydrogen-bond donors (Lipinski definition) is 4. The third kappa shape index (κ3) is 4.76. The summed E-state index contributed by atoms with van der Waals surface area (Å²) in [7, 11) is 0. The summed E-state index contributed by atoms with van der Waals surface area (Å²) in [5.74, 6) is -1.22. The van der Waals surface area contributed by atoms with Crippen molar-refractivity contribution in [2.45, 2.75) is 19.8 Å². The fourth-order valence-electron chi connectivity index (χ4n) is 1.40. The van der Waals surface area contributed by atoms with Gasteiger partial charge in [-0.25, -0.2) is 10.3 Å². The summed E-state index contributed by atoms with van der Waals surface area (Å²) in [6.45, 7) is 1.14. The van der Waals surface area contributed by atoms with E-state index in [2.05, 4.69) is 14.8 Å². The van der Waals surface area contributed by atoms with Gasteiger partial charge < -0.3 is 10.7 Å². The molecule has 0 aromatic carbocycles. The van der Waals surface area contributed by atoms with Crippen molar-refractivity contribution in [1.29, 1.82) is 0 Å². The molecule has 0 saturated carbocycles. The number of rotatable bonds is 6. The number of hydroxylamine groups is 1. The smallest absolute Gasteiger partial charge is 0.325 e. The highest BCUT2D eigenvalue weighted by atomic mass is 16.7. The van der Waals surface area contributed by atoms with E-state index in [1.807, 2.05) is 5.48 Å². The fraction of sp³-hybridized carbons (Fsp3) is 0.400. The number of aromatic nitrogens is 2. The maximum atomic E-state index is 11.5. The lowest BCUT2D eigenvalue weighted by Gasteiger charge is -2.05. The average Bonchev–Trinajstić information content (AvgIpc) is 2.26. The van der Waals surface area contributed by atoms with Gasteiger partial charge in [-0.2, -0.15) is 0 Å². The van der Waals surface area contributed by atoms with Crippen molar-refractivity contribution in [3.63, 3.8) is 0 Å². The predicted molar refractivity (Wildman–Crippen MR) is 64.0 cm³/mol. The van der Waals surface area contributed by atoms with E-state index in [-0.39, 0.29) is 12.8 Å². The molecule has 0 atom stereocenters. The molecule has 1 heterocycles. The normalized spacial score (nSPS) is 10.2. The molecule has 0 unspecified atom stereocenters. The maximum absolute atomic E-state index is 11.5. The van der Waals surface area contributed by atoms with Crippen LogP contribution in [-0.4, -0.2) is 28.4 Å². The third-order valence-electron chi connectivity index (χ3n) is 2.26. The van der Waals surface area contributed by atoms with E-state index >= 15 is 0 Å². The second-order valence-electron chi connectivity index (χ2n) is 3.79. The van der Waals surface area contributed by atoms with Crippen LogP contribution in [0.5, 0.6) is 0 Å². The van der Waals surface area contributed by atoms with Crippen LogP contribution in [0.15, 0.2) is 9.59 Å². The van der Waals surface area contributed by atoms with Gasteiger partial charge in [-0.05, 0) is 13.3 Å². The first-order chi connectivity index (χ1) is 8.90. The molecule has 1 aromatic heterocycles. The lowest BCUT2D eigenvalue weighted by atomic mass is 10.1. The molecule has 2 amide bonds. The number of hydrogen-bond acceptors (Lipinski definition) is 5. The van der Waals surface area contributed by atoms with Crippen molar-refractivity contribution in [3.8, 4) is 0 Å². The van der Waals surface area contributed by atoms with Crippen LogP contribution in [0.4, 0.5) is 0 Å². The standard InChI is InChI=1S/C10H14N4O5/c1-5-6(9(17)13-10(18)12-5)2-3-8(16)14-19-4-7(11)15/h2-4H2,1H3,(H2,11,15)(H,14,16)(H2,12,13,17,18). The molecule has 0 saturated heterocycles. The third-order valence-corrected chi connectivity index (χ3v) is 2.26. The number of primary amides is 1. The number of amides is 2. The molecule has 19 heavy (non-hydrogen) atoms. The van der Waals surface area contributed by atoms with E-state index in [9.17, 15) is 19.2 Å². The molecule has 0 aliphatic heterocycles. The number of nitrogens with one attached hydrogen (secondary N) is 3. The Balaban J connectivity index is 2.53. The van der Waals surface area contributed by atoms with Gasteiger partial charge in [0, 0.05) is 17.7 Å². The van der Waals surface area contributed by atoms with E-state index in [4.69, 9.17) is 5.73 Å². The number of carbonyl (C=O) groups excluding carboxylic acids is 2. The van der Waals surface area contributed by atoms with E-state index in [0.29, 0.717) is 11.3 Å². The van der Waals surface area contributed by atoms with E-state index in [1.54, 1.807) is 6.92 Å². The first-order valence-corrected chi connectivity index (χ1v) is 5.41. The van der Waals surface area contributed by atoms with Crippen LogP contribution in [-0.2, 0) is 20.8 Å². The summed E-state index contributed by atoms with van der Waals surface area (Å²) in [5, 5.41) is 0. The molecule has 0 fully saturated rings. The van der Waals surface area contributed by atoms with Crippen molar-refractivity contribution < 1.29 is 14.4 Å². The molecule has 0 radical (unpaired) electrons. The van der Waals surface area contributed by atoms with Gasteiger partial charge in [0.15, 0.2) is 6.61 Å². The van der Waals surface area contributed by atoms with Crippen LogP contribution in [0.25, 0.3) is 0 Å². The number of carbonyl (C=O) groups is 2. The SMILES string of the molecule is Cc1[nH]c(=O)[nH]c(=O)c1CCC(=O)NOCC(N)=O. The summed E-state index contributed by atoms with van der Waals surface area (Å²) >= 11 is 0. The van der Waals surface area contributed by atoms with Crippen molar-refractivity contribution in [3.05, 3.63) is 32.1 Å². The Morgan fingerprint density at radius 1 is 1.32 bits per heavy atom. The first-order valence-electron chi connectivity index (χ1n) is 5.41. The highest BCUT2D eigenvalue weighted by Gasteiger charge is 2.09. The summed E-state index contributed by atoms with van der Waals surface area (Å²) in [6, 6.07) is 0. The second-order valence-corrected chi connectivity index (χ2v) is 3.79. The highest BCUT2D eigenvalue weighted by molar-refractivity contribution is 5.77. The molecular formula is C10H14N4O5. The van der Waals surface area contributed by atoms with Crippen LogP contribution in [0.2, 0.25) is 0 Å². The Labute approximate surface area is 107 Å². The Morgan fingerprint density at radius 2 is 2.00 bits per heavy atom. The summed E-state index contributed by atoms with van der Waals surface area (Å²) in [5.41, 5.74) is 6.39. The zero-order valence-corrected chi connectivity index (χ0v) is 10.2. The Hall–Kier alpha value is -2.42. The highest BCUT2D eigenvalue weighted by Crippen LogP contribution is 1.99. The first kappa shape index (κ1) is 14.6. The van der Waals surface area contributed by atoms with Crippen LogP contribution in [0.3, 0.4) is 0 Å². The molecule has 0 bridgehead atoms. The quantitative estimate of drug-likeness (QED) is 0.434. The second kappa shape index (κ2) is 6.50. The Morgan fingerprint density at radius 3 is 2.58 bits per heavy atom. The van der Waals surface area contributed by atoms with Gasteiger partial charge in [0.2, 0.25) is 11.8 Å². The van der Waals surface area contributed by atoms with Crippen molar-refractivity contribution in [2.24, 2.45) is 5.73 Å². The van der Waals surface area contributed by atoms with Gasteiger partial charge in [0.05, 0.1) is 0 Å². The zero-order valence-electron chi connectivity index (χ0n) is 10.2. The van der Waals surface area contributed by atoms with Gasteiger partial charge in [0.1, 0.15) is 0 Å². The van der Waals surface area contributed by atoms with E-state index < -0.39 is 29.7 Å². The minimum atomic E-state index is -0.715. The van der Waals surface area contributed by atoms with Crippen molar-refractivity contribution in [2.75, 3.05) is 6.61 Å². The van der Waals surface area contributed by atoms with E-state index in [0.717, 1.165) is 0 Å². The predicted octanol–water partition coefficient (Wildman–Crippen LogP) is -2.16. The molecule has 5 N–H and O–H groups in total. The largest absolute Gasteiger partial charge is 0.368 e. The van der Waals surface area contributed by atoms with Crippen LogP contribution < -0.4 is 22.5 Å². The number of H-pyrrole nitrogens is 2. The molecular weight excluding hydrogens is 256 g/mol. The Kier molecular flexibility index (Phi) is 5.01. The molecule has 1 aromatic rings. The minimum absolute atomic E-state index is 0.0330. The van der Waals surface area contributed by atoms with E-state index in [1.165, 1.54) is 0 Å². The van der Waals surface area contributed by atoms with Gasteiger partial charge in [-0.15, -0.1) is 0 Å². The summed E-state index contributed by atoms with van der Waals surface area (Å²) in [4.78, 5) is 53.1. The monoisotopic (exact) mass is 270 g/mol. The summed E-state index contributed by atoms with van der Waals surface area (Å²) in [6.07, 6.45) is 0.0957. The average molecular weight is 270 g/mol. The number of nitrogens with two attached hydrogens (primary N) is 1. The molecule has 9 nitrogen and oxygen atoms in total. The van der Waals surface area contributed by atoms with Gasteiger partial charge in [-0.1, -0.05) is 0 Å². The lowest BCUT2D eigenvalue weighted by Crippen LogP contribution is -2.31. The van der Waals surface area contributed by atoms with Crippen LogP contribution >= 0.6 is 0 Å². The van der Waals surface area contributed by atoms with Crippen molar-refractivity contribution in [1.82, 2.24) is 15.4 Å². The van der Waals surface area contributed by atoms with Crippen LogP contribution in [0, 0.1) is 6.92 Å². The Bertz CT molecular complexity index is 588. The van der Waals surface area contributed by atoms with Crippen LogP contribution in [0.1, 0.15) is 17.7 Å². The topological polar surface area (TPSA) is 147 Å². The molecule has 0 aliphatic carbocycles. The minimum Gasteiger partial charge on any atom is -0.368 e. The molecule has 1 rings (SSSR count). The van der Waals surface area contributed by atoms with Gasteiger partial charge in [-0.3, -0.25) is 24.2 Å². The number of aromatic amines is 2. The zero-order chi connectivity index (χ0) is 14.4. The van der Waals surface area contributed by atoms with Gasteiger partial charge >= 0.3 is 5.69 Å². The maximum Gasteiger partial charge on any atom is 0.325 e. The molecule has 9 heteroatoms. The molecule has 0 aliphatic rings. The fourth-order valence-corrected chi connectivity index (χ4v) is 1.40. The number of aryl methyl sites for hydroxylation is 1. The summed E-state index contributed by atoms with van der Waals surface area (Å²) < 4.78 is 0. The molecule has 104 valence electrons. The lowest BCUT2D eigenvalue weighted by molar-refractivity contribution is -0.137.